The van der Waals surface area contributed by atoms with E-state index in [1.165, 1.54) is 5.56 Å². The third-order valence-electron chi connectivity index (χ3n) is 3.79. The molecule has 0 fully saturated rings. The van der Waals surface area contributed by atoms with Gasteiger partial charge >= 0.3 is 0 Å². The van der Waals surface area contributed by atoms with E-state index >= 15 is 0 Å². The third kappa shape index (κ3) is 4.52. The molecule has 0 saturated heterocycles. The summed E-state index contributed by atoms with van der Waals surface area (Å²) in [5, 5.41) is 9.91. The molecule has 22 heavy (non-hydrogen) atoms. The molecule has 3 heteroatoms. The Balaban J connectivity index is 2.06. The van der Waals surface area contributed by atoms with Crippen molar-refractivity contribution in [1.29, 1.82) is 0 Å². The molecule has 0 radical (unpaired) electrons. The monoisotopic (exact) mass is 297 g/mol. The Morgan fingerprint density at radius 3 is 2.09 bits per heavy atom. The Morgan fingerprint density at radius 1 is 1.05 bits per heavy atom. The number of ketones is 1. The fourth-order valence-electron chi connectivity index (χ4n) is 2.41. The summed E-state index contributed by atoms with van der Waals surface area (Å²) in [6.07, 6.45) is 1.46. The van der Waals surface area contributed by atoms with Crippen LogP contribution in [0.25, 0.3) is 11.1 Å². The molecule has 1 unspecified atom stereocenters. The molecule has 0 amide bonds. The number of carbonyl (C=O) groups excluding carboxylic acids is 1. The molecule has 2 aromatic carbocycles. The van der Waals surface area contributed by atoms with Gasteiger partial charge in [-0.05, 0) is 48.6 Å². The summed E-state index contributed by atoms with van der Waals surface area (Å²) < 4.78 is 0. The number of Topliss-reactive ketones (excluding diaryl/α,β-unsaturated/α-hetero) is 1. The van der Waals surface area contributed by atoms with E-state index in [1.807, 2.05) is 24.3 Å². The number of rotatable bonds is 7. The Bertz CT molecular complexity index is 602. The van der Waals surface area contributed by atoms with Gasteiger partial charge in [-0.1, -0.05) is 48.5 Å². The maximum absolute atomic E-state index is 11.0. The van der Waals surface area contributed by atoms with E-state index in [2.05, 4.69) is 24.3 Å². The van der Waals surface area contributed by atoms with Crippen molar-refractivity contribution >= 4 is 5.78 Å². The number of aliphatic hydroxyl groups excluding tert-OH is 1. The van der Waals surface area contributed by atoms with Gasteiger partial charge in [0.2, 0.25) is 0 Å². The number of aryl methyl sites for hydroxylation is 1. The second-order valence-corrected chi connectivity index (χ2v) is 5.61. The predicted octanol–water partition coefficient (Wildman–Crippen LogP) is 3.26. The van der Waals surface area contributed by atoms with Crippen molar-refractivity contribution in [3.8, 4) is 11.1 Å². The summed E-state index contributed by atoms with van der Waals surface area (Å²) >= 11 is 0. The minimum absolute atomic E-state index is 0.218. The zero-order valence-corrected chi connectivity index (χ0v) is 13.0. The summed E-state index contributed by atoms with van der Waals surface area (Å²) in [4.78, 5) is 11.0. The first-order chi connectivity index (χ1) is 10.6. The molecule has 1 atom stereocenters. The highest BCUT2D eigenvalue weighted by atomic mass is 16.3. The SMILES string of the molecule is CC(=O)CCc1ccc(-c2ccc(C(O)CCN)cc2)cc1. The molecule has 2 aromatic rings. The van der Waals surface area contributed by atoms with Crippen LogP contribution in [0.3, 0.4) is 0 Å². The first kappa shape index (κ1) is 16.4. The van der Waals surface area contributed by atoms with Crippen LogP contribution in [-0.2, 0) is 11.2 Å². The Kier molecular flexibility index (Phi) is 5.87. The number of aliphatic hydroxyl groups is 1. The highest BCUT2D eigenvalue weighted by molar-refractivity contribution is 5.75. The van der Waals surface area contributed by atoms with E-state index in [1.54, 1.807) is 6.92 Å². The first-order valence-electron chi connectivity index (χ1n) is 7.67. The fourth-order valence-corrected chi connectivity index (χ4v) is 2.41. The number of nitrogens with two attached hydrogens (primary N) is 1. The van der Waals surface area contributed by atoms with E-state index in [0.29, 0.717) is 19.4 Å². The summed E-state index contributed by atoms with van der Waals surface area (Å²) in [5.41, 5.74) is 9.78. The third-order valence-corrected chi connectivity index (χ3v) is 3.79. The van der Waals surface area contributed by atoms with Crippen molar-refractivity contribution in [3.63, 3.8) is 0 Å². The highest BCUT2D eigenvalue weighted by Crippen LogP contribution is 2.23. The van der Waals surface area contributed by atoms with E-state index < -0.39 is 6.10 Å². The predicted molar refractivity (Wildman–Crippen MR) is 89.5 cm³/mol. The number of benzene rings is 2. The maximum Gasteiger partial charge on any atom is 0.130 e. The van der Waals surface area contributed by atoms with Crippen molar-refractivity contribution in [2.75, 3.05) is 6.54 Å². The minimum atomic E-state index is -0.493. The van der Waals surface area contributed by atoms with E-state index in [4.69, 9.17) is 5.73 Å². The number of carbonyl (C=O) groups is 1. The lowest BCUT2D eigenvalue weighted by Gasteiger charge is -2.10. The molecule has 3 N–H and O–H groups in total. The molecule has 0 aliphatic carbocycles. The van der Waals surface area contributed by atoms with Gasteiger partial charge in [0.25, 0.3) is 0 Å². The molecule has 0 spiro atoms. The van der Waals surface area contributed by atoms with Crippen molar-refractivity contribution in [1.82, 2.24) is 0 Å². The first-order valence-corrected chi connectivity index (χ1v) is 7.67. The summed E-state index contributed by atoms with van der Waals surface area (Å²) in [7, 11) is 0. The molecule has 116 valence electrons. The molecule has 3 nitrogen and oxygen atoms in total. The van der Waals surface area contributed by atoms with Gasteiger partial charge in [-0.2, -0.15) is 0 Å². The lowest BCUT2D eigenvalue weighted by Crippen LogP contribution is -2.06. The zero-order valence-electron chi connectivity index (χ0n) is 13.0. The molecule has 2 rings (SSSR count). The van der Waals surface area contributed by atoms with Crippen LogP contribution in [0.4, 0.5) is 0 Å². The van der Waals surface area contributed by atoms with Gasteiger partial charge in [-0.15, -0.1) is 0 Å². The van der Waals surface area contributed by atoms with Crippen molar-refractivity contribution in [3.05, 3.63) is 59.7 Å². The molecule has 0 bridgehead atoms. The van der Waals surface area contributed by atoms with E-state index in [0.717, 1.165) is 23.1 Å². The largest absolute Gasteiger partial charge is 0.388 e. The Hall–Kier alpha value is -1.97. The van der Waals surface area contributed by atoms with E-state index in [-0.39, 0.29) is 5.78 Å². The van der Waals surface area contributed by atoms with Crippen LogP contribution in [0.5, 0.6) is 0 Å². The standard InChI is InChI=1S/C19H23NO2/c1-14(21)2-3-15-4-6-16(7-5-15)17-8-10-18(11-9-17)19(22)12-13-20/h4-11,19,22H,2-3,12-13,20H2,1H3. The van der Waals surface area contributed by atoms with Crippen LogP contribution < -0.4 is 5.73 Å². The van der Waals surface area contributed by atoms with Crippen LogP contribution in [0, 0.1) is 0 Å². The smallest absolute Gasteiger partial charge is 0.130 e. The molecule has 0 aliphatic heterocycles. The molecular weight excluding hydrogens is 274 g/mol. The van der Waals surface area contributed by atoms with Gasteiger partial charge in [0.05, 0.1) is 6.10 Å². The molecule has 0 aliphatic rings. The zero-order chi connectivity index (χ0) is 15.9. The van der Waals surface area contributed by atoms with Gasteiger partial charge in [0.15, 0.2) is 0 Å². The Labute approximate surface area is 131 Å². The van der Waals surface area contributed by atoms with Crippen molar-refractivity contribution < 1.29 is 9.90 Å². The van der Waals surface area contributed by atoms with Gasteiger partial charge in [0, 0.05) is 6.42 Å². The van der Waals surface area contributed by atoms with Crippen LogP contribution >= 0.6 is 0 Å². The molecule has 0 aromatic heterocycles. The average molecular weight is 297 g/mol. The second kappa shape index (κ2) is 7.87. The Morgan fingerprint density at radius 2 is 1.59 bits per heavy atom. The normalized spacial score (nSPS) is 12.1. The summed E-state index contributed by atoms with van der Waals surface area (Å²) in [6.45, 7) is 2.10. The van der Waals surface area contributed by atoms with Gasteiger partial charge in [-0.25, -0.2) is 0 Å². The lowest BCUT2D eigenvalue weighted by atomic mass is 9.99. The van der Waals surface area contributed by atoms with Gasteiger partial charge < -0.3 is 15.6 Å². The molecular formula is C19H23NO2. The van der Waals surface area contributed by atoms with Gasteiger partial charge in [0.1, 0.15) is 5.78 Å². The van der Waals surface area contributed by atoms with E-state index in [9.17, 15) is 9.90 Å². The molecule has 0 heterocycles. The maximum atomic E-state index is 11.0. The summed E-state index contributed by atoms with van der Waals surface area (Å²) in [5.74, 6) is 0.218. The average Bonchev–Trinajstić information content (AvgIpc) is 2.54. The highest BCUT2D eigenvalue weighted by Gasteiger charge is 2.06. The lowest BCUT2D eigenvalue weighted by molar-refractivity contribution is -0.116. The quantitative estimate of drug-likeness (QED) is 0.824. The number of hydrogen-bond acceptors (Lipinski definition) is 3. The van der Waals surface area contributed by atoms with Gasteiger partial charge in [-0.3, -0.25) is 0 Å². The van der Waals surface area contributed by atoms with Crippen LogP contribution in [-0.4, -0.2) is 17.4 Å². The molecule has 0 saturated carbocycles. The minimum Gasteiger partial charge on any atom is -0.388 e. The topological polar surface area (TPSA) is 63.3 Å². The summed E-state index contributed by atoms with van der Waals surface area (Å²) in [6, 6.07) is 16.2. The van der Waals surface area contributed by atoms with Crippen LogP contribution in [0.1, 0.15) is 37.0 Å². The van der Waals surface area contributed by atoms with Crippen LogP contribution in [0.15, 0.2) is 48.5 Å². The van der Waals surface area contributed by atoms with Crippen molar-refractivity contribution in [2.45, 2.75) is 32.3 Å². The second-order valence-electron chi connectivity index (χ2n) is 5.61. The van der Waals surface area contributed by atoms with Crippen LogP contribution in [0.2, 0.25) is 0 Å². The number of hydrogen-bond donors (Lipinski definition) is 2. The van der Waals surface area contributed by atoms with Crippen molar-refractivity contribution in [2.24, 2.45) is 5.73 Å². The fraction of sp³-hybridized carbons (Fsp3) is 0.316.